The van der Waals surface area contributed by atoms with Gasteiger partial charge in [0.05, 0.1) is 17.3 Å². The number of carbonyl (C=O) groups is 1. The number of aromatic nitrogens is 4. The minimum Gasteiger partial charge on any atom is -0.351 e. The van der Waals surface area contributed by atoms with Crippen LogP contribution in [-0.4, -0.2) is 57.4 Å². The maximum Gasteiger partial charge on any atom is 0.275 e. The van der Waals surface area contributed by atoms with Crippen LogP contribution in [-0.2, 0) is 0 Å². The SMILES string of the molecule is CN(C(=O)c1n[nH]c2ccccc12)C1CN(c2ccc(C3CC3)nn2)C1. The van der Waals surface area contributed by atoms with Gasteiger partial charge in [0.2, 0.25) is 0 Å². The minimum absolute atomic E-state index is 0.0535. The van der Waals surface area contributed by atoms with E-state index in [0.29, 0.717) is 11.6 Å². The van der Waals surface area contributed by atoms with Crippen molar-refractivity contribution in [2.75, 3.05) is 25.0 Å². The molecule has 0 unspecified atom stereocenters. The molecule has 7 heteroatoms. The van der Waals surface area contributed by atoms with Gasteiger partial charge >= 0.3 is 0 Å². The van der Waals surface area contributed by atoms with Gasteiger partial charge < -0.3 is 9.80 Å². The van der Waals surface area contributed by atoms with Crippen LogP contribution >= 0.6 is 0 Å². The lowest BCUT2D eigenvalue weighted by molar-refractivity contribution is 0.0701. The standard InChI is InChI=1S/C19H20N6O/c1-24(19(26)18-14-4-2-3-5-16(14)21-23-18)13-10-25(11-13)17-9-8-15(20-22-17)12-6-7-12/h2-5,8-9,12-13H,6-7,10-11H2,1H3,(H,21,23). The van der Waals surface area contributed by atoms with E-state index in [1.807, 2.05) is 37.4 Å². The number of nitrogens with one attached hydrogen (secondary N) is 1. The Hall–Kier alpha value is -2.96. The van der Waals surface area contributed by atoms with Crippen LogP contribution in [0.1, 0.15) is 34.9 Å². The maximum absolute atomic E-state index is 12.8. The van der Waals surface area contributed by atoms with E-state index >= 15 is 0 Å². The van der Waals surface area contributed by atoms with Crippen molar-refractivity contribution in [2.45, 2.75) is 24.8 Å². The third kappa shape index (κ3) is 2.51. The number of H-pyrrole nitrogens is 1. The van der Waals surface area contributed by atoms with Gasteiger partial charge in [-0.1, -0.05) is 18.2 Å². The molecule has 1 aromatic carbocycles. The summed E-state index contributed by atoms with van der Waals surface area (Å²) in [6.45, 7) is 1.53. The summed E-state index contributed by atoms with van der Waals surface area (Å²) in [6.07, 6.45) is 2.46. The van der Waals surface area contributed by atoms with Crippen molar-refractivity contribution < 1.29 is 4.79 Å². The molecule has 3 aromatic rings. The number of amides is 1. The van der Waals surface area contributed by atoms with Crippen molar-refractivity contribution in [1.82, 2.24) is 25.3 Å². The molecule has 0 radical (unpaired) electrons. The molecule has 1 N–H and O–H groups in total. The Labute approximate surface area is 151 Å². The summed E-state index contributed by atoms with van der Waals surface area (Å²) in [4.78, 5) is 16.8. The second-order valence-electron chi connectivity index (χ2n) is 7.18. The largest absolute Gasteiger partial charge is 0.351 e. The number of benzene rings is 1. The molecule has 26 heavy (non-hydrogen) atoms. The lowest BCUT2D eigenvalue weighted by atomic mass is 10.1. The van der Waals surface area contributed by atoms with Gasteiger partial charge in [-0.05, 0) is 31.0 Å². The van der Waals surface area contributed by atoms with Crippen molar-refractivity contribution in [3.05, 3.63) is 47.8 Å². The number of carbonyl (C=O) groups excluding carboxylic acids is 1. The number of rotatable bonds is 4. The Bertz CT molecular complexity index is 956. The van der Waals surface area contributed by atoms with Crippen molar-refractivity contribution in [2.24, 2.45) is 0 Å². The molecule has 0 atom stereocenters. The molecule has 0 spiro atoms. The monoisotopic (exact) mass is 348 g/mol. The van der Waals surface area contributed by atoms with Crippen molar-refractivity contribution in [3.63, 3.8) is 0 Å². The number of fused-ring (bicyclic) bond motifs is 1. The fraction of sp³-hybridized carbons (Fsp3) is 0.368. The molecule has 1 saturated heterocycles. The average Bonchev–Trinajstić information content (AvgIpc) is 3.39. The van der Waals surface area contributed by atoms with Crippen LogP contribution in [0.15, 0.2) is 36.4 Å². The van der Waals surface area contributed by atoms with Crippen molar-refractivity contribution >= 4 is 22.6 Å². The van der Waals surface area contributed by atoms with Gasteiger partial charge in [0.1, 0.15) is 0 Å². The molecule has 2 aromatic heterocycles. The van der Waals surface area contributed by atoms with Gasteiger partial charge in [-0.3, -0.25) is 9.89 Å². The molecule has 1 aliphatic carbocycles. The molecule has 1 saturated carbocycles. The third-order valence-electron chi connectivity index (χ3n) is 5.39. The Balaban J connectivity index is 1.26. The van der Waals surface area contributed by atoms with E-state index in [0.717, 1.165) is 35.5 Å². The van der Waals surface area contributed by atoms with Gasteiger partial charge in [-0.25, -0.2) is 0 Å². The molecule has 132 valence electrons. The zero-order valence-corrected chi connectivity index (χ0v) is 14.6. The lowest BCUT2D eigenvalue weighted by Gasteiger charge is -2.44. The number of aromatic amines is 1. The summed E-state index contributed by atoms with van der Waals surface area (Å²) < 4.78 is 0. The van der Waals surface area contributed by atoms with E-state index in [1.54, 1.807) is 4.90 Å². The van der Waals surface area contributed by atoms with Crippen LogP contribution in [0.25, 0.3) is 10.9 Å². The molecular weight excluding hydrogens is 328 g/mol. The van der Waals surface area contributed by atoms with E-state index in [9.17, 15) is 4.79 Å². The Morgan fingerprint density at radius 3 is 2.69 bits per heavy atom. The van der Waals surface area contributed by atoms with Gasteiger partial charge in [0, 0.05) is 31.4 Å². The van der Waals surface area contributed by atoms with Gasteiger partial charge in [-0.15, -0.1) is 5.10 Å². The fourth-order valence-corrected chi connectivity index (χ4v) is 3.45. The Morgan fingerprint density at radius 2 is 1.96 bits per heavy atom. The predicted molar refractivity (Wildman–Crippen MR) is 98.2 cm³/mol. The predicted octanol–water partition coefficient (Wildman–Crippen LogP) is 2.19. The normalized spacial score (nSPS) is 17.3. The molecular formula is C19H20N6O. The number of hydrogen-bond donors (Lipinski definition) is 1. The summed E-state index contributed by atoms with van der Waals surface area (Å²) in [5, 5.41) is 16.7. The lowest BCUT2D eigenvalue weighted by Crippen LogP contribution is -2.60. The molecule has 7 nitrogen and oxygen atoms in total. The first kappa shape index (κ1) is 15.3. The van der Waals surface area contributed by atoms with E-state index in [4.69, 9.17) is 0 Å². The quantitative estimate of drug-likeness (QED) is 0.782. The highest BCUT2D eigenvalue weighted by Crippen LogP contribution is 2.38. The Kier molecular flexibility index (Phi) is 3.41. The molecule has 5 rings (SSSR count). The number of anilines is 1. The number of nitrogens with zero attached hydrogens (tertiary/aromatic N) is 5. The summed E-state index contributed by atoms with van der Waals surface area (Å²) in [6, 6.07) is 12.0. The number of hydrogen-bond acceptors (Lipinski definition) is 5. The highest BCUT2D eigenvalue weighted by atomic mass is 16.2. The van der Waals surface area contributed by atoms with Crippen LogP contribution in [0.3, 0.4) is 0 Å². The summed E-state index contributed by atoms with van der Waals surface area (Å²) in [5.41, 5.74) is 2.46. The molecule has 3 heterocycles. The molecule has 0 bridgehead atoms. The van der Waals surface area contributed by atoms with Crippen LogP contribution in [0, 0.1) is 0 Å². The van der Waals surface area contributed by atoms with E-state index in [2.05, 4.69) is 31.4 Å². The first-order valence-electron chi connectivity index (χ1n) is 8.99. The summed E-state index contributed by atoms with van der Waals surface area (Å²) >= 11 is 0. The molecule has 1 aliphatic heterocycles. The number of para-hydroxylation sites is 1. The minimum atomic E-state index is -0.0535. The zero-order chi connectivity index (χ0) is 17.7. The first-order valence-corrected chi connectivity index (χ1v) is 8.99. The van der Waals surface area contributed by atoms with Crippen LogP contribution in [0.2, 0.25) is 0 Å². The van der Waals surface area contributed by atoms with Gasteiger partial charge in [-0.2, -0.15) is 10.2 Å². The third-order valence-corrected chi connectivity index (χ3v) is 5.39. The Morgan fingerprint density at radius 1 is 1.15 bits per heavy atom. The van der Waals surface area contributed by atoms with Gasteiger partial charge in [0.25, 0.3) is 5.91 Å². The summed E-state index contributed by atoms with van der Waals surface area (Å²) in [7, 11) is 1.84. The summed E-state index contributed by atoms with van der Waals surface area (Å²) in [5.74, 6) is 1.45. The topological polar surface area (TPSA) is 78.0 Å². The smallest absolute Gasteiger partial charge is 0.275 e. The van der Waals surface area contributed by atoms with Crippen molar-refractivity contribution in [1.29, 1.82) is 0 Å². The van der Waals surface area contributed by atoms with Crippen LogP contribution in [0.5, 0.6) is 0 Å². The average molecular weight is 348 g/mol. The van der Waals surface area contributed by atoms with E-state index in [-0.39, 0.29) is 11.9 Å². The molecule has 2 aliphatic rings. The van der Waals surface area contributed by atoms with Crippen molar-refractivity contribution in [3.8, 4) is 0 Å². The molecule has 2 fully saturated rings. The van der Waals surface area contributed by atoms with Crippen LogP contribution in [0.4, 0.5) is 5.82 Å². The van der Waals surface area contributed by atoms with E-state index in [1.165, 1.54) is 12.8 Å². The van der Waals surface area contributed by atoms with E-state index < -0.39 is 0 Å². The second kappa shape index (κ2) is 5.79. The highest BCUT2D eigenvalue weighted by molar-refractivity contribution is 6.04. The van der Waals surface area contributed by atoms with Gasteiger partial charge in [0.15, 0.2) is 11.5 Å². The zero-order valence-electron chi connectivity index (χ0n) is 14.6. The molecule has 1 amide bonds. The highest BCUT2D eigenvalue weighted by Gasteiger charge is 2.35. The maximum atomic E-state index is 12.8. The first-order chi connectivity index (χ1) is 12.7. The second-order valence-corrected chi connectivity index (χ2v) is 7.18. The van der Waals surface area contributed by atoms with Crippen LogP contribution < -0.4 is 4.90 Å². The fourth-order valence-electron chi connectivity index (χ4n) is 3.45. The number of likely N-dealkylation sites (N-methyl/N-ethyl adjacent to an activating group) is 1.